The van der Waals surface area contributed by atoms with E-state index in [4.69, 9.17) is 9.47 Å². The molecule has 1 saturated carbocycles. The first kappa shape index (κ1) is 13.8. The molecular weight excluding hydrogens is 244 g/mol. The van der Waals surface area contributed by atoms with Crippen molar-refractivity contribution in [2.24, 2.45) is 0 Å². The van der Waals surface area contributed by atoms with Gasteiger partial charge < -0.3 is 9.47 Å². The van der Waals surface area contributed by atoms with Gasteiger partial charge in [0.2, 0.25) is 0 Å². The zero-order valence-electron chi connectivity index (χ0n) is 11.6. The molecule has 1 aliphatic carbocycles. The summed E-state index contributed by atoms with van der Waals surface area (Å²) in [6.45, 7) is 10.9. The third kappa shape index (κ3) is 2.72. The van der Waals surface area contributed by atoms with E-state index in [1.807, 2.05) is 6.92 Å². The lowest BCUT2D eigenvalue weighted by molar-refractivity contribution is -0.168. The number of hydrogen-bond donors (Lipinski definition) is 0. The maximum absolute atomic E-state index is 11.6. The average Bonchev–Trinajstić information content (AvgIpc) is 2.60. The van der Waals surface area contributed by atoms with Crippen LogP contribution in [0.15, 0.2) is 24.3 Å². The van der Waals surface area contributed by atoms with Crippen molar-refractivity contribution in [3.8, 4) is 0 Å². The fourth-order valence-electron chi connectivity index (χ4n) is 2.69. The van der Waals surface area contributed by atoms with Crippen molar-refractivity contribution in [3.05, 3.63) is 24.3 Å². The Balaban J connectivity index is 1.99. The summed E-state index contributed by atoms with van der Waals surface area (Å²) in [4.78, 5) is 23.1. The Morgan fingerprint density at radius 1 is 1.32 bits per heavy atom. The van der Waals surface area contributed by atoms with Crippen LogP contribution in [0.1, 0.15) is 46.0 Å². The number of carbonyl (C=O) groups excluding carboxylic acids is 2. The molecule has 0 unspecified atom stereocenters. The molecule has 4 heteroatoms. The second-order valence-corrected chi connectivity index (χ2v) is 5.97. The maximum Gasteiger partial charge on any atom is 0.334 e. The van der Waals surface area contributed by atoms with E-state index in [1.165, 1.54) is 0 Å². The lowest BCUT2D eigenvalue weighted by Crippen LogP contribution is -2.43. The molecule has 1 spiro atoms. The molecule has 0 atom stereocenters. The molecule has 4 nitrogen and oxygen atoms in total. The lowest BCUT2D eigenvalue weighted by Gasteiger charge is -2.41. The first-order valence-corrected chi connectivity index (χ1v) is 6.55. The smallest absolute Gasteiger partial charge is 0.334 e. The Hall–Kier alpha value is -1.58. The van der Waals surface area contributed by atoms with Gasteiger partial charge in [-0.25, -0.2) is 9.59 Å². The fraction of sp³-hybridized carbons (Fsp3) is 0.600. The summed E-state index contributed by atoms with van der Waals surface area (Å²) >= 11 is 0. The van der Waals surface area contributed by atoms with Crippen molar-refractivity contribution in [3.63, 3.8) is 0 Å². The molecule has 1 heterocycles. The van der Waals surface area contributed by atoms with Crippen LogP contribution >= 0.6 is 0 Å². The van der Waals surface area contributed by atoms with Crippen LogP contribution in [0, 0.1) is 0 Å². The highest BCUT2D eigenvalue weighted by Crippen LogP contribution is 2.45. The van der Waals surface area contributed by atoms with Crippen molar-refractivity contribution in [2.45, 2.75) is 57.2 Å². The topological polar surface area (TPSA) is 52.6 Å². The van der Waals surface area contributed by atoms with Gasteiger partial charge in [0.1, 0.15) is 11.2 Å². The predicted molar refractivity (Wildman–Crippen MR) is 70.4 cm³/mol. The molecule has 1 saturated heterocycles. The number of rotatable bonds is 2. The minimum atomic E-state index is -0.488. The van der Waals surface area contributed by atoms with E-state index in [-0.39, 0.29) is 11.9 Å². The second-order valence-electron chi connectivity index (χ2n) is 5.97. The highest BCUT2D eigenvalue weighted by atomic mass is 16.6. The largest absolute Gasteiger partial charge is 0.456 e. The molecule has 104 valence electrons. The van der Waals surface area contributed by atoms with Crippen LogP contribution in [-0.4, -0.2) is 23.1 Å². The Morgan fingerprint density at radius 2 is 1.89 bits per heavy atom. The molecule has 0 aromatic heterocycles. The van der Waals surface area contributed by atoms with Crippen molar-refractivity contribution < 1.29 is 19.1 Å². The SMILES string of the molecule is C=C(C)C(=O)OC1(C)CCC2(CC1)CC(=C)C(=O)O2. The van der Waals surface area contributed by atoms with Crippen LogP contribution < -0.4 is 0 Å². The molecule has 0 N–H and O–H groups in total. The summed E-state index contributed by atoms with van der Waals surface area (Å²) in [5.74, 6) is -0.645. The Morgan fingerprint density at radius 3 is 2.32 bits per heavy atom. The number of esters is 2. The van der Waals surface area contributed by atoms with E-state index < -0.39 is 11.2 Å². The summed E-state index contributed by atoms with van der Waals surface area (Å²) < 4.78 is 10.9. The first-order chi connectivity index (χ1) is 8.75. The minimum absolute atomic E-state index is 0.289. The predicted octanol–water partition coefficient (Wildman–Crippen LogP) is 2.68. The molecule has 0 amide bonds. The first-order valence-electron chi connectivity index (χ1n) is 6.55. The third-order valence-electron chi connectivity index (χ3n) is 4.04. The number of ether oxygens (including phenoxy) is 2. The van der Waals surface area contributed by atoms with Gasteiger partial charge in [-0.05, 0) is 39.5 Å². The highest BCUT2D eigenvalue weighted by molar-refractivity contribution is 5.90. The highest BCUT2D eigenvalue weighted by Gasteiger charge is 2.49. The Kier molecular flexibility index (Phi) is 3.29. The van der Waals surface area contributed by atoms with Gasteiger partial charge in [-0.1, -0.05) is 13.2 Å². The molecular formula is C15H20O4. The van der Waals surface area contributed by atoms with E-state index in [0.29, 0.717) is 43.3 Å². The van der Waals surface area contributed by atoms with Crippen LogP contribution in [0.25, 0.3) is 0 Å². The summed E-state index contributed by atoms with van der Waals surface area (Å²) in [5, 5.41) is 0. The monoisotopic (exact) mass is 264 g/mol. The van der Waals surface area contributed by atoms with Crippen molar-refractivity contribution >= 4 is 11.9 Å². The van der Waals surface area contributed by atoms with E-state index in [1.54, 1.807) is 6.92 Å². The van der Waals surface area contributed by atoms with Gasteiger partial charge in [-0.2, -0.15) is 0 Å². The van der Waals surface area contributed by atoms with Crippen molar-refractivity contribution in [2.75, 3.05) is 0 Å². The molecule has 2 rings (SSSR count). The average molecular weight is 264 g/mol. The summed E-state index contributed by atoms with van der Waals surface area (Å²) in [6, 6.07) is 0. The lowest BCUT2D eigenvalue weighted by atomic mass is 9.75. The van der Waals surface area contributed by atoms with E-state index >= 15 is 0 Å². The number of carbonyl (C=O) groups is 2. The normalized spacial score (nSPS) is 34.2. The van der Waals surface area contributed by atoms with E-state index in [2.05, 4.69) is 13.2 Å². The van der Waals surface area contributed by atoms with Gasteiger partial charge in [-0.15, -0.1) is 0 Å². The van der Waals surface area contributed by atoms with E-state index in [0.717, 1.165) is 0 Å². The quantitative estimate of drug-likeness (QED) is 0.568. The van der Waals surface area contributed by atoms with Crippen LogP contribution in [0.3, 0.4) is 0 Å². The molecule has 0 aromatic carbocycles. The summed E-state index contributed by atoms with van der Waals surface area (Å²) in [6.07, 6.45) is 3.38. The van der Waals surface area contributed by atoms with Gasteiger partial charge in [0, 0.05) is 17.6 Å². The molecule has 19 heavy (non-hydrogen) atoms. The minimum Gasteiger partial charge on any atom is -0.456 e. The number of hydrogen-bond acceptors (Lipinski definition) is 4. The van der Waals surface area contributed by atoms with Gasteiger partial charge in [-0.3, -0.25) is 0 Å². The summed E-state index contributed by atoms with van der Waals surface area (Å²) in [5.41, 5.74) is 0.0469. The summed E-state index contributed by atoms with van der Waals surface area (Å²) in [7, 11) is 0. The van der Waals surface area contributed by atoms with Gasteiger partial charge in [0.05, 0.1) is 0 Å². The fourth-order valence-corrected chi connectivity index (χ4v) is 2.69. The van der Waals surface area contributed by atoms with Crippen molar-refractivity contribution in [1.82, 2.24) is 0 Å². The Labute approximate surface area is 113 Å². The molecule has 1 aliphatic heterocycles. The maximum atomic E-state index is 11.6. The Bertz CT molecular complexity index is 435. The molecule has 0 aromatic rings. The van der Waals surface area contributed by atoms with Gasteiger partial charge >= 0.3 is 11.9 Å². The van der Waals surface area contributed by atoms with E-state index in [9.17, 15) is 9.59 Å². The van der Waals surface area contributed by atoms with Crippen LogP contribution in [0.2, 0.25) is 0 Å². The second kappa shape index (κ2) is 4.51. The van der Waals surface area contributed by atoms with Crippen LogP contribution in [0.5, 0.6) is 0 Å². The van der Waals surface area contributed by atoms with Gasteiger partial charge in [0.15, 0.2) is 0 Å². The zero-order valence-corrected chi connectivity index (χ0v) is 11.6. The zero-order chi connectivity index (χ0) is 14.3. The molecule has 2 aliphatic rings. The molecule has 2 fully saturated rings. The van der Waals surface area contributed by atoms with Crippen LogP contribution in [-0.2, 0) is 19.1 Å². The van der Waals surface area contributed by atoms with Crippen LogP contribution in [0.4, 0.5) is 0 Å². The molecule has 0 radical (unpaired) electrons. The molecule has 0 bridgehead atoms. The standard InChI is InChI=1S/C15H20O4/c1-10(2)12(16)18-14(4)5-7-15(8-6-14)9-11(3)13(17)19-15/h1,3,5-9H2,2,4H3. The van der Waals surface area contributed by atoms with Gasteiger partial charge in [0.25, 0.3) is 0 Å². The third-order valence-corrected chi connectivity index (χ3v) is 4.04. The van der Waals surface area contributed by atoms with Crippen molar-refractivity contribution in [1.29, 1.82) is 0 Å².